The highest BCUT2D eigenvalue weighted by Crippen LogP contribution is 2.51. The lowest BCUT2D eigenvalue weighted by atomic mass is 9.71. The van der Waals surface area contributed by atoms with Gasteiger partial charge < -0.3 is 0 Å². The van der Waals surface area contributed by atoms with E-state index in [1.54, 1.807) is 25.7 Å². The van der Waals surface area contributed by atoms with Gasteiger partial charge in [0.15, 0.2) is 0 Å². The fourth-order valence-electron chi connectivity index (χ4n) is 3.11. The first-order valence-electron chi connectivity index (χ1n) is 4.77. The molecule has 0 aromatic heterocycles. The van der Waals surface area contributed by atoms with E-state index in [0.29, 0.717) is 0 Å². The van der Waals surface area contributed by atoms with Crippen LogP contribution in [0.25, 0.3) is 0 Å². The van der Waals surface area contributed by atoms with E-state index < -0.39 is 0 Å². The van der Waals surface area contributed by atoms with Gasteiger partial charge in [0.25, 0.3) is 0 Å². The summed E-state index contributed by atoms with van der Waals surface area (Å²) in [5, 5.41) is 0. The van der Waals surface area contributed by atoms with E-state index in [1.165, 1.54) is 0 Å². The van der Waals surface area contributed by atoms with Gasteiger partial charge in [-0.25, -0.2) is 0 Å². The highest BCUT2D eigenvalue weighted by atomic mass is 14.4. The van der Waals surface area contributed by atoms with Crippen LogP contribution in [0.5, 0.6) is 0 Å². The van der Waals surface area contributed by atoms with E-state index in [0.717, 1.165) is 23.6 Å². The third-order valence-corrected chi connectivity index (χ3v) is 3.65. The predicted molar refractivity (Wildman–Crippen MR) is 46.9 cm³/mol. The van der Waals surface area contributed by atoms with Crippen molar-refractivity contribution in [3.8, 4) is 0 Å². The lowest BCUT2D eigenvalue weighted by Crippen LogP contribution is -2.14. The Bertz CT molecular complexity index is 131. The predicted octanol–water partition coefficient (Wildman–Crippen LogP) is 1.86. The summed E-state index contributed by atoms with van der Waals surface area (Å²) in [4.78, 5) is 0. The van der Waals surface area contributed by atoms with Crippen molar-refractivity contribution in [3.05, 3.63) is 0 Å². The average Bonchev–Trinajstić information content (AvgIpc) is 2.44. The third-order valence-electron chi connectivity index (χ3n) is 3.65. The fraction of sp³-hybridized carbons (Fsp3) is 1.00. The van der Waals surface area contributed by atoms with Gasteiger partial charge in [-0.1, -0.05) is 19.2 Å². The summed E-state index contributed by atoms with van der Waals surface area (Å²) in [5.74, 6) is 4.32. The Hall–Kier alpha value is 0.0649. The molecule has 2 saturated carbocycles. The number of fused-ring (bicyclic) bond motifs is 2. The second kappa shape index (κ2) is 2.28. The molecule has 4 atom stereocenters. The van der Waals surface area contributed by atoms with Gasteiger partial charge in [0.2, 0.25) is 0 Å². The minimum absolute atomic E-state index is 0.954. The molecule has 2 aliphatic carbocycles. The highest BCUT2D eigenvalue weighted by molar-refractivity contribution is 6.11. The van der Waals surface area contributed by atoms with E-state index >= 15 is 0 Å². The minimum atomic E-state index is 0.954. The maximum Gasteiger partial charge on any atom is 0.105 e. The summed E-state index contributed by atoms with van der Waals surface area (Å²) in [6.45, 7) is 2.39. The number of hydrogen-bond donors (Lipinski definition) is 0. The van der Waals surface area contributed by atoms with Gasteiger partial charge in [0, 0.05) is 0 Å². The summed E-state index contributed by atoms with van der Waals surface area (Å²) < 4.78 is 0. The molecule has 2 rings (SSSR count). The summed E-state index contributed by atoms with van der Waals surface area (Å²) in [5.41, 5.74) is 0. The van der Waals surface area contributed by atoms with E-state index in [9.17, 15) is 0 Å². The Morgan fingerprint density at radius 1 is 1.30 bits per heavy atom. The average molecular weight is 136 g/mol. The van der Waals surface area contributed by atoms with E-state index in [2.05, 4.69) is 14.8 Å². The molecular weight excluding hydrogens is 119 g/mol. The molecule has 4 unspecified atom stereocenters. The zero-order chi connectivity index (χ0) is 7.14. The van der Waals surface area contributed by atoms with Crippen LogP contribution < -0.4 is 0 Å². The van der Waals surface area contributed by atoms with Gasteiger partial charge in [-0.2, -0.15) is 0 Å². The SMILES string of the molecule is BC(C)C1CC2CCC1C2. The van der Waals surface area contributed by atoms with Crippen LogP contribution in [0.1, 0.15) is 32.6 Å². The molecule has 0 saturated heterocycles. The summed E-state index contributed by atoms with van der Waals surface area (Å²) in [6, 6.07) is 0. The van der Waals surface area contributed by atoms with Crippen molar-refractivity contribution in [2.45, 2.75) is 38.4 Å². The van der Waals surface area contributed by atoms with Crippen LogP contribution >= 0.6 is 0 Å². The molecule has 2 aliphatic rings. The van der Waals surface area contributed by atoms with Gasteiger partial charge in [-0.3, -0.25) is 0 Å². The van der Waals surface area contributed by atoms with Crippen LogP contribution in [0.15, 0.2) is 0 Å². The molecule has 1 heteroatoms. The van der Waals surface area contributed by atoms with Crippen molar-refractivity contribution < 1.29 is 0 Å². The maximum atomic E-state index is 2.39. The van der Waals surface area contributed by atoms with Crippen LogP contribution in [0.3, 0.4) is 0 Å². The molecule has 0 aromatic rings. The van der Waals surface area contributed by atoms with Crippen molar-refractivity contribution in [2.75, 3.05) is 0 Å². The molecule has 0 N–H and O–H groups in total. The van der Waals surface area contributed by atoms with Crippen LogP contribution in [0.4, 0.5) is 0 Å². The molecule has 2 fully saturated rings. The van der Waals surface area contributed by atoms with Crippen LogP contribution in [-0.4, -0.2) is 7.85 Å². The van der Waals surface area contributed by atoms with Gasteiger partial charge in [-0.15, -0.1) is 0 Å². The Morgan fingerprint density at radius 2 is 2.10 bits per heavy atom. The van der Waals surface area contributed by atoms with E-state index in [-0.39, 0.29) is 0 Å². The first-order valence-corrected chi connectivity index (χ1v) is 4.77. The topological polar surface area (TPSA) is 0 Å². The van der Waals surface area contributed by atoms with Gasteiger partial charge in [0.1, 0.15) is 7.85 Å². The molecule has 10 heavy (non-hydrogen) atoms. The summed E-state index contributed by atoms with van der Waals surface area (Å²) >= 11 is 0. The van der Waals surface area contributed by atoms with Crippen molar-refractivity contribution in [1.29, 1.82) is 0 Å². The molecule has 0 amide bonds. The van der Waals surface area contributed by atoms with E-state index in [4.69, 9.17) is 0 Å². The third kappa shape index (κ3) is 0.907. The summed E-state index contributed by atoms with van der Waals surface area (Å²) in [6.07, 6.45) is 6.23. The van der Waals surface area contributed by atoms with Crippen molar-refractivity contribution in [3.63, 3.8) is 0 Å². The maximum absolute atomic E-state index is 2.39. The molecule has 2 bridgehead atoms. The summed E-state index contributed by atoms with van der Waals surface area (Å²) in [7, 11) is 2.39. The zero-order valence-electron chi connectivity index (χ0n) is 7.14. The minimum Gasteiger partial charge on any atom is -0.0695 e. The zero-order valence-corrected chi connectivity index (χ0v) is 7.14. The Morgan fingerprint density at radius 3 is 2.40 bits per heavy atom. The van der Waals surface area contributed by atoms with Crippen LogP contribution in [0, 0.1) is 17.8 Å². The smallest absolute Gasteiger partial charge is 0.0695 e. The molecule has 0 nitrogen and oxygen atoms in total. The van der Waals surface area contributed by atoms with Gasteiger partial charge in [-0.05, 0) is 37.0 Å². The van der Waals surface area contributed by atoms with Crippen molar-refractivity contribution >= 4 is 7.85 Å². The lowest BCUT2D eigenvalue weighted by molar-refractivity contribution is 0.325. The lowest BCUT2D eigenvalue weighted by Gasteiger charge is -2.24. The Kier molecular flexibility index (Phi) is 1.54. The molecule has 0 aliphatic heterocycles. The number of rotatable bonds is 1. The highest BCUT2D eigenvalue weighted by Gasteiger charge is 2.40. The quantitative estimate of drug-likeness (QED) is 0.482. The van der Waals surface area contributed by atoms with Gasteiger partial charge >= 0.3 is 0 Å². The monoisotopic (exact) mass is 136 g/mol. The Labute approximate surface area is 64.8 Å². The molecule has 0 aromatic carbocycles. The second-order valence-corrected chi connectivity index (χ2v) is 4.58. The number of hydrogen-bond acceptors (Lipinski definition) is 0. The van der Waals surface area contributed by atoms with Crippen LogP contribution in [0.2, 0.25) is 5.82 Å². The van der Waals surface area contributed by atoms with Crippen molar-refractivity contribution in [2.24, 2.45) is 17.8 Å². The fourth-order valence-corrected chi connectivity index (χ4v) is 3.11. The first-order chi connectivity index (χ1) is 4.77. The first kappa shape index (κ1) is 6.76. The largest absolute Gasteiger partial charge is 0.105 e. The normalized spacial score (nSPS) is 47.9. The molecular formula is C9H17B. The van der Waals surface area contributed by atoms with E-state index in [1.807, 2.05) is 0 Å². The van der Waals surface area contributed by atoms with Gasteiger partial charge in [0.05, 0.1) is 0 Å². The molecule has 56 valence electrons. The molecule has 0 spiro atoms. The molecule has 0 heterocycles. The Balaban J connectivity index is 2.02. The second-order valence-electron chi connectivity index (χ2n) is 4.58. The van der Waals surface area contributed by atoms with Crippen molar-refractivity contribution in [1.82, 2.24) is 0 Å². The van der Waals surface area contributed by atoms with Crippen LogP contribution in [-0.2, 0) is 0 Å². The molecule has 0 radical (unpaired) electrons. The standard InChI is InChI=1S/C9H17B/c1-6(10)9-5-7-2-3-8(9)4-7/h6-9H,2-5,10H2,1H3.